The van der Waals surface area contributed by atoms with Crippen LogP contribution in [0.1, 0.15) is 16.8 Å². The van der Waals surface area contributed by atoms with Crippen molar-refractivity contribution >= 4 is 21.7 Å². The number of carbonyl (C=O) groups excluding carboxylic acids is 2. The van der Waals surface area contributed by atoms with Crippen LogP contribution in [0, 0.1) is 0 Å². The van der Waals surface area contributed by atoms with Gasteiger partial charge >= 0.3 is 0 Å². The van der Waals surface area contributed by atoms with Gasteiger partial charge in [-0.1, -0.05) is 0 Å². The normalized spacial score (nSPS) is 21.0. The molecule has 0 saturated carbocycles. The fraction of sp³-hybridized carbons (Fsp3) is 0.429. The first-order chi connectivity index (χ1) is 10.9. The molecule has 3 rings (SSSR count). The monoisotopic (exact) mass is 340 g/mol. The summed E-state index contributed by atoms with van der Waals surface area (Å²) in [4.78, 5) is 23.8. The summed E-state index contributed by atoms with van der Waals surface area (Å²) in [6, 6.07) is 4.36. The molecule has 2 heterocycles. The summed E-state index contributed by atoms with van der Waals surface area (Å²) in [7, 11) is -3.05. The van der Waals surface area contributed by atoms with Gasteiger partial charge in [0, 0.05) is 11.6 Å². The highest BCUT2D eigenvalue weighted by atomic mass is 32.2. The summed E-state index contributed by atoms with van der Waals surface area (Å²) < 4.78 is 33.0. The highest BCUT2D eigenvalue weighted by molar-refractivity contribution is 7.91. The summed E-state index contributed by atoms with van der Waals surface area (Å²) in [5, 5.41) is 5.09. The van der Waals surface area contributed by atoms with Crippen LogP contribution in [0.25, 0.3) is 0 Å². The van der Waals surface area contributed by atoms with Crippen molar-refractivity contribution < 1.29 is 27.5 Å². The van der Waals surface area contributed by atoms with E-state index in [0.29, 0.717) is 23.5 Å². The van der Waals surface area contributed by atoms with Crippen LogP contribution in [0.4, 0.5) is 0 Å². The van der Waals surface area contributed by atoms with E-state index in [1.165, 1.54) is 0 Å². The van der Waals surface area contributed by atoms with Gasteiger partial charge < -0.3 is 20.1 Å². The van der Waals surface area contributed by atoms with E-state index in [-0.39, 0.29) is 30.9 Å². The zero-order valence-electron chi connectivity index (χ0n) is 12.2. The molecule has 2 amide bonds. The Morgan fingerprint density at radius 3 is 2.74 bits per heavy atom. The van der Waals surface area contributed by atoms with Gasteiger partial charge in [0.1, 0.15) is 0 Å². The molecule has 2 aliphatic rings. The average molecular weight is 340 g/mol. The number of sulfone groups is 1. The third kappa shape index (κ3) is 3.73. The topological polar surface area (TPSA) is 111 Å². The number of hydrogen-bond acceptors (Lipinski definition) is 6. The van der Waals surface area contributed by atoms with Crippen molar-refractivity contribution in [3.63, 3.8) is 0 Å². The summed E-state index contributed by atoms with van der Waals surface area (Å²) in [6.45, 7) is -0.100. The average Bonchev–Trinajstić information content (AvgIpc) is 3.10. The highest BCUT2D eigenvalue weighted by Gasteiger charge is 2.28. The quantitative estimate of drug-likeness (QED) is 0.761. The Kier molecular flexibility index (Phi) is 4.12. The van der Waals surface area contributed by atoms with Crippen LogP contribution < -0.4 is 20.1 Å². The smallest absolute Gasteiger partial charge is 0.251 e. The minimum absolute atomic E-state index is 0.0468. The summed E-state index contributed by atoms with van der Waals surface area (Å²) in [5.41, 5.74) is 0.352. The van der Waals surface area contributed by atoms with Crippen LogP contribution in [-0.4, -0.2) is 51.1 Å². The zero-order chi connectivity index (χ0) is 16.4. The molecule has 23 heavy (non-hydrogen) atoms. The molecule has 0 radical (unpaired) electrons. The Morgan fingerprint density at radius 1 is 1.22 bits per heavy atom. The van der Waals surface area contributed by atoms with Gasteiger partial charge in [-0.3, -0.25) is 9.59 Å². The van der Waals surface area contributed by atoms with Crippen LogP contribution in [0.15, 0.2) is 18.2 Å². The van der Waals surface area contributed by atoms with E-state index in [0.717, 1.165) is 0 Å². The highest BCUT2D eigenvalue weighted by Crippen LogP contribution is 2.32. The van der Waals surface area contributed by atoms with Crippen molar-refractivity contribution in [3.05, 3.63) is 23.8 Å². The maximum absolute atomic E-state index is 12.0. The van der Waals surface area contributed by atoms with E-state index < -0.39 is 21.7 Å². The molecule has 9 heteroatoms. The molecule has 1 saturated heterocycles. The number of benzene rings is 1. The predicted molar refractivity (Wildman–Crippen MR) is 80.1 cm³/mol. The van der Waals surface area contributed by atoms with E-state index in [1.54, 1.807) is 18.2 Å². The van der Waals surface area contributed by atoms with Crippen LogP contribution in [0.3, 0.4) is 0 Å². The molecule has 1 fully saturated rings. The van der Waals surface area contributed by atoms with Gasteiger partial charge in [0.25, 0.3) is 5.91 Å². The second-order valence-electron chi connectivity index (χ2n) is 5.42. The molecule has 0 bridgehead atoms. The number of hydrogen-bond donors (Lipinski definition) is 2. The standard InChI is InChI=1S/C14H16N2O6S/c17-13(16-10-3-4-23(19,20)7-10)6-15-14(18)9-1-2-11-12(5-9)22-8-21-11/h1-2,5,10H,3-4,6-8H2,(H,15,18)(H,16,17). The second-order valence-corrected chi connectivity index (χ2v) is 7.65. The molecule has 124 valence electrons. The minimum Gasteiger partial charge on any atom is -0.454 e. The van der Waals surface area contributed by atoms with Crippen molar-refractivity contribution in [2.24, 2.45) is 0 Å². The largest absolute Gasteiger partial charge is 0.454 e. The van der Waals surface area contributed by atoms with Crippen molar-refractivity contribution in [1.29, 1.82) is 0 Å². The van der Waals surface area contributed by atoms with Gasteiger partial charge in [0.05, 0.1) is 18.1 Å². The van der Waals surface area contributed by atoms with Gasteiger partial charge in [-0.05, 0) is 24.6 Å². The van der Waals surface area contributed by atoms with Crippen molar-refractivity contribution in [1.82, 2.24) is 10.6 Å². The second kappa shape index (κ2) is 6.07. The number of ether oxygens (including phenoxy) is 2. The first kappa shape index (κ1) is 15.6. The summed E-state index contributed by atoms with van der Waals surface area (Å²) in [6.07, 6.45) is 0.407. The Morgan fingerprint density at radius 2 is 2.00 bits per heavy atom. The van der Waals surface area contributed by atoms with Gasteiger partial charge in [0.15, 0.2) is 21.3 Å². The lowest BCUT2D eigenvalue weighted by molar-refractivity contribution is -0.120. The predicted octanol–water partition coefficient (Wildman–Crippen LogP) is -0.552. The molecular weight excluding hydrogens is 324 g/mol. The van der Waals surface area contributed by atoms with Gasteiger partial charge in [-0.2, -0.15) is 0 Å². The van der Waals surface area contributed by atoms with E-state index in [2.05, 4.69) is 10.6 Å². The molecule has 0 spiro atoms. The van der Waals surface area contributed by atoms with Crippen molar-refractivity contribution in [2.45, 2.75) is 12.5 Å². The van der Waals surface area contributed by atoms with Crippen LogP contribution in [-0.2, 0) is 14.6 Å². The number of nitrogens with one attached hydrogen (secondary N) is 2. The first-order valence-electron chi connectivity index (χ1n) is 7.10. The van der Waals surface area contributed by atoms with Crippen molar-refractivity contribution in [2.75, 3.05) is 24.8 Å². The van der Waals surface area contributed by atoms with Gasteiger partial charge in [-0.25, -0.2) is 8.42 Å². The summed E-state index contributed by atoms with van der Waals surface area (Å²) in [5.74, 6) is 0.259. The van der Waals surface area contributed by atoms with Gasteiger partial charge in [0.2, 0.25) is 12.7 Å². The molecule has 1 aromatic rings. The molecule has 1 unspecified atom stereocenters. The number of rotatable bonds is 4. The molecule has 1 aromatic carbocycles. The molecule has 2 N–H and O–H groups in total. The summed E-state index contributed by atoms with van der Waals surface area (Å²) >= 11 is 0. The van der Waals surface area contributed by atoms with E-state index in [1.807, 2.05) is 0 Å². The zero-order valence-corrected chi connectivity index (χ0v) is 13.0. The molecule has 8 nitrogen and oxygen atoms in total. The van der Waals surface area contributed by atoms with E-state index in [4.69, 9.17) is 9.47 Å². The number of amides is 2. The Hall–Kier alpha value is -2.29. The molecular formula is C14H16N2O6S. The Labute approximate surface area is 133 Å². The fourth-order valence-corrected chi connectivity index (χ4v) is 4.16. The Bertz CT molecular complexity index is 746. The third-order valence-corrected chi connectivity index (χ3v) is 5.41. The van der Waals surface area contributed by atoms with Crippen LogP contribution >= 0.6 is 0 Å². The number of fused-ring (bicyclic) bond motifs is 1. The first-order valence-corrected chi connectivity index (χ1v) is 8.93. The Balaban J connectivity index is 1.50. The van der Waals surface area contributed by atoms with Crippen LogP contribution in [0.5, 0.6) is 11.5 Å². The lowest BCUT2D eigenvalue weighted by atomic mass is 10.2. The lowest BCUT2D eigenvalue weighted by Crippen LogP contribution is -2.42. The third-order valence-electron chi connectivity index (χ3n) is 3.64. The van der Waals surface area contributed by atoms with Crippen molar-refractivity contribution in [3.8, 4) is 11.5 Å². The van der Waals surface area contributed by atoms with E-state index in [9.17, 15) is 18.0 Å². The van der Waals surface area contributed by atoms with Crippen LogP contribution in [0.2, 0.25) is 0 Å². The minimum atomic E-state index is -3.05. The van der Waals surface area contributed by atoms with Gasteiger partial charge in [-0.15, -0.1) is 0 Å². The molecule has 2 aliphatic heterocycles. The lowest BCUT2D eigenvalue weighted by Gasteiger charge is -2.11. The molecule has 0 aromatic heterocycles. The molecule has 0 aliphatic carbocycles. The van der Waals surface area contributed by atoms with E-state index >= 15 is 0 Å². The SMILES string of the molecule is O=C(CNC(=O)c1ccc2c(c1)OCO2)NC1CCS(=O)(=O)C1. The fourth-order valence-electron chi connectivity index (χ4n) is 2.49. The maximum Gasteiger partial charge on any atom is 0.251 e. The maximum atomic E-state index is 12.0. The molecule has 1 atom stereocenters. The number of carbonyl (C=O) groups is 2.